The summed E-state index contributed by atoms with van der Waals surface area (Å²) in [4.78, 5) is 28.6. The molecule has 0 aromatic carbocycles. The van der Waals surface area contributed by atoms with E-state index in [4.69, 9.17) is 5.73 Å². The highest BCUT2D eigenvalue weighted by Crippen LogP contribution is 2.36. The van der Waals surface area contributed by atoms with Crippen LogP contribution in [0.5, 0.6) is 0 Å². The Kier molecular flexibility index (Phi) is 3.96. The van der Waals surface area contributed by atoms with Gasteiger partial charge < -0.3 is 10.6 Å². The number of hydrogen-bond acceptors (Lipinski definition) is 6. The Morgan fingerprint density at radius 1 is 1.35 bits per heavy atom. The molecule has 0 fully saturated rings. The van der Waals surface area contributed by atoms with Crippen molar-refractivity contribution in [2.75, 3.05) is 18.5 Å². The van der Waals surface area contributed by atoms with Crippen LogP contribution in [0.25, 0.3) is 21.6 Å². The zero-order chi connectivity index (χ0) is 16.6. The van der Waals surface area contributed by atoms with E-state index in [1.54, 1.807) is 28.6 Å². The van der Waals surface area contributed by atoms with E-state index in [1.165, 1.54) is 4.88 Å². The Morgan fingerprint density at radius 3 is 2.78 bits per heavy atom. The molecule has 0 atom stereocenters. The summed E-state index contributed by atoms with van der Waals surface area (Å²) in [5, 5.41) is 0.976. The lowest BCUT2D eigenvalue weighted by Gasteiger charge is -2.18. The molecule has 3 aromatic heterocycles. The number of pyridine rings is 1. The minimum atomic E-state index is -0.396. The number of nitrogens with zero attached hydrogens (tertiary/aromatic N) is 4. The van der Waals surface area contributed by atoms with Gasteiger partial charge in [-0.3, -0.25) is 9.78 Å². The fraction of sp³-hybridized carbons (Fsp3) is 0.250. The Bertz CT molecular complexity index is 875. The number of amides is 1. The number of nitrogens with two attached hydrogens (primary N) is 1. The van der Waals surface area contributed by atoms with Crippen LogP contribution in [0.4, 0.5) is 5.82 Å². The number of primary amides is 1. The molecule has 1 amide bonds. The molecule has 0 unspecified atom stereocenters. The third kappa shape index (κ3) is 2.87. The Balaban J connectivity index is 2.24. The van der Waals surface area contributed by atoms with Gasteiger partial charge in [-0.1, -0.05) is 0 Å². The van der Waals surface area contributed by atoms with Crippen LogP contribution in [0.3, 0.4) is 0 Å². The van der Waals surface area contributed by atoms with Crippen molar-refractivity contribution in [1.82, 2.24) is 15.0 Å². The maximum absolute atomic E-state index is 11.3. The number of rotatable bonds is 4. The number of likely N-dealkylation sites (N-methyl/N-ethyl adjacent to an activating group) is 1. The molecule has 3 aromatic rings. The van der Waals surface area contributed by atoms with Gasteiger partial charge in [0.05, 0.1) is 11.9 Å². The van der Waals surface area contributed by atoms with E-state index in [1.807, 2.05) is 26.1 Å². The second-order valence-corrected chi connectivity index (χ2v) is 6.60. The molecule has 0 saturated heterocycles. The van der Waals surface area contributed by atoms with Gasteiger partial charge in [0.2, 0.25) is 5.91 Å². The molecule has 7 heteroatoms. The number of anilines is 1. The Morgan fingerprint density at radius 2 is 2.13 bits per heavy atom. The molecule has 2 N–H and O–H groups in total. The topological polar surface area (TPSA) is 85.0 Å². The number of aryl methyl sites for hydroxylation is 2. The van der Waals surface area contributed by atoms with Gasteiger partial charge in [-0.25, -0.2) is 9.97 Å². The first-order valence-electron chi connectivity index (χ1n) is 7.15. The van der Waals surface area contributed by atoms with Gasteiger partial charge >= 0.3 is 0 Å². The first kappa shape index (κ1) is 15.4. The zero-order valence-electron chi connectivity index (χ0n) is 13.2. The van der Waals surface area contributed by atoms with Crippen LogP contribution in [-0.2, 0) is 4.79 Å². The average molecular weight is 327 g/mol. The maximum atomic E-state index is 11.3. The maximum Gasteiger partial charge on any atom is 0.236 e. The lowest BCUT2D eigenvalue weighted by atomic mass is 10.2. The molecule has 0 radical (unpaired) electrons. The third-order valence-corrected chi connectivity index (χ3v) is 4.79. The van der Waals surface area contributed by atoms with Gasteiger partial charge in [-0.15, -0.1) is 11.3 Å². The van der Waals surface area contributed by atoms with Crippen molar-refractivity contribution in [2.45, 2.75) is 13.8 Å². The van der Waals surface area contributed by atoms with E-state index in [9.17, 15) is 4.79 Å². The van der Waals surface area contributed by atoms with E-state index in [0.29, 0.717) is 5.82 Å². The molecular weight excluding hydrogens is 310 g/mol. The lowest BCUT2D eigenvalue weighted by molar-refractivity contribution is -0.116. The minimum absolute atomic E-state index is 0.104. The molecule has 118 valence electrons. The molecule has 0 spiro atoms. The molecule has 23 heavy (non-hydrogen) atoms. The van der Waals surface area contributed by atoms with E-state index < -0.39 is 5.91 Å². The second kappa shape index (κ2) is 5.92. The predicted molar refractivity (Wildman–Crippen MR) is 92.6 cm³/mol. The summed E-state index contributed by atoms with van der Waals surface area (Å²) < 4.78 is 0. The van der Waals surface area contributed by atoms with Gasteiger partial charge in [-0.05, 0) is 31.5 Å². The molecule has 0 aliphatic carbocycles. The van der Waals surface area contributed by atoms with E-state index in [0.717, 1.165) is 27.2 Å². The van der Waals surface area contributed by atoms with Crippen LogP contribution in [-0.4, -0.2) is 34.5 Å². The van der Waals surface area contributed by atoms with Crippen LogP contribution in [0.1, 0.15) is 10.4 Å². The van der Waals surface area contributed by atoms with Crippen molar-refractivity contribution < 1.29 is 4.79 Å². The van der Waals surface area contributed by atoms with Gasteiger partial charge in [-0.2, -0.15) is 0 Å². The van der Waals surface area contributed by atoms with Gasteiger partial charge in [0.15, 0.2) is 5.82 Å². The first-order valence-corrected chi connectivity index (χ1v) is 7.96. The van der Waals surface area contributed by atoms with Gasteiger partial charge in [0.1, 0.15) is 10.6 Å². The molecular formula is C16H17N5OS. The molecule has 3 heterocycles. The molecule has 0 aliphatic heterocycles. The summed E-state index contributed by atoms with van der Waals surface area (Å²) in [6.45, 7) is 4.21. The summed E-state index contributed by atoms with van der Waals surface area (Å²) in [7, 11) is 1.81. The van der Waals surface area contributed by atoms with Crippen LogP contribution in [0.15, 0.2) is 24.5 Å². The molecule has 3 rings (SSSR count). The van der Waals surface area contributed by atoms with Crippen molar-refractivity contribution >= 4 is 33.3 Å². The van der Waals surface area contributed by atoms with Gasteiger partial charge in [0, 0.05) is 29.9 Å². The van der Waals surface area contributed by atoms with Crippen LogP contribution >= 0.6 is 11.3 Å². The van der Waals surface area contributed by atoms with Crippen LogP contribution in [0.2, 0.25) is 0 Å². The highest BCUT2D eigenvalue weighted by atomic mass is 32.1. The quantitative estimate of drug-likeness (QED) is 0.794. The zero-order valence-corrected chi connectivity index (χ0v) is 14.0. The number of aromatic nitrogens is 3. The van der Waals surface area contributed by atoms with Crippen molar-refractivity contribution in [3.05, 3.63) is 35.0 Å². The van der Waals surface area contributed by atoms with Crippen LogP contribution in [0, 0.1) is 13.8 Å². The first-order chi connectivity index (χ1) is 11.0. The third-order valence-electron chi connectivity index (χ3n) is 3.68. The number of hydrogen-bond donors (Lipinski definition) is 1. The molecule has 0 bridgehead atoms. The highest BCUT2D eigenvalue weighted by molar-refractivity contribution is 7.18. The number of carbonyl (C=O) groups excluding carboxylic acids is 1. The van der Waals surface area contributed by atoms with Crippen molar-refractivity contribution in [2.24, 2.45) is 5.73 Å². The molecule has 0 saturated carbocycles. The summed E-state index contributed by atoms with van der Waals surface area (Å²) in [6.07, 6.45) is 3.44. The number of thiophene rings is 1. The SMILES string of the molecule is Cc1sc2nc(-c3cccnc3)nc(N(C)CC(N)=O)c2c1C. The van der Waals surface area contributed by atoms with E-state index in [2.05, 4.69) is 21.9 Å². The number of fused-ring (bicyclic) bond motifs is 1. The van der Waals surface area contributed by atoms with Crippen molar-refractivity contribution in [3.8, 4) is 11.4 Å². The Hall–Kier alpha value is -2.54. The fourth-order valence-electron chi connectivity index (χ4n) is 2.44. The Labute approximate surface area is 138 Å². The summed E-state index contributed by atoms with van der Waals surface area (Å²) in [6, 6.07) is 3.76. The average Bonchev–Trinajstić information content (AvgIpc) is 2.81. The summed E-state index contributed by atoms with van der Waals surface area (Å²) in [5.41, 5.74) is 7.31. The fourth-order valence-corrected chi connectivity index (χ4v) is 3.46. The summed E-state index contributed by atoms with van der Waals surface area (Å²) in [5.74, 6) is 0.916. The predicted octanol–water partition coefficient (Wildman–Crippen LogP) is 2.29. The standard InChI is InChI=1S/C16H17N5OS/c1-9-10(2)23-16-13(9)15(21(3)8-12(17)22)19-14(20-16)11-5-4-6-18-7-11/h4-7H,8H2,1-3H3,(H2,17,22). The minimum Gasteiger partial charge on any atom is -0.368 e. The number of carbonyl (C=O) groups is 1. The smallest absolute Gasteiger partial charge is 0.236 e. The monoisotopic (exact) mass is 327 g/mol. The lowest BCUT2D eigenvalue weighted by Crippen LogP contribution is -2.31. The largest absolute Gasteiger partial charge is 0.368 e. The summed E-state index contributed by atoms with van der Waals surface area (Å²) >= 11 is 1.62. The van der Waals surface area contributed by atoms with Crippen molar-refractivity contribution in [1.29, 1.82) is 0 Å². The highest BCUT2D eigenvalue weighted by Gasteiger charge is 2.18. The second-order valence-electron chi connectivity index (χ2n) is 5.40. The van der Waals surface area contributed by atoms with E-state index >= 15 is 0 Å². The van der Waals surface area contributed by atoms with E-state index in [-0.39, 0.29) is 6.54 Å². The molecule has 6 nitrogen and oxygen atoms in total. The molecule has 0 aliphatic rings. The van der Waals surface area contributed by atoms with Crippen LogP contribution < -0.4 is 10.6 Å². The normalized spacial score (nSPS) is 10.9. The van der Waals surface area contributed by atoms with Crippen molar-refractivity contribution in [3.63, 3.8) is 0 Å². The van der Waals surface area contributed by atoms with Gasteiger partial charge in [0.25, 0.3) is 0 Å².